The van der Waals surface area contributed by atoms with Crippen LogP contribution in [0.2, 0.25) is 0 Å². The van der Waals surface area contributed by atoms with E-state index in [4.69, 9.17) is 14.2 Å². The van der Waals surface area contributed by atoms with E-state index >= 15 is 0 Å². The average Bonchev–Trinajstić information content (AvgIpc) is 3.16. The summed E-state index contributed by atoms with van der Waals surface area (Å²) in [5.74, 6) is 1.59. The molecular weight excluding hydrogens is 709 g/mol. The Morgan fingerprint density at radius 3 is 0.754 bits per heavy atom. The van der Waals surface area contributed by atoms with Crippen molar-refractivity contribution in [2.24, 2.45) is 17.8 Å². The monoisotopic (exact) mass is 807 g/mol. The standard InChI is InChI=1S/C51H98O6/c1-45(2)37-31-25-19-13-9-7-8-10-15-22-28-34-40-49(52)55-43-48(57-51(54)42-36-30-24-18-17-21-27-33-39-47(5)6)44-56-50(53)41-35-29-23-16-12-11-14-20-26-32-38-46(3)4/h45-48H,7-44H2,1-6H3/t48-/m0/s1. The number of rotatable bonds is 44. The highest BCUT2D eigenvalue weighted by Gasteiger charge is 2.19. The van der Waals surface area contributed by atoms with Gasteiger partial charge in [-0.25, -0.2) is 0 Å². The van der Waals surface area contributed by atoms with Crippen LogP contribution in [0.1, 0.15) is 273 Å². The van der Waals surface area contributed by atoms with Gasteiger partial charge in [-0.2, -0.15) is 0 Å². The normalized spacial score (nSPS) is 12.2. The smallest absolute Gasteiger partial charge is 0.306 e. The van der Waals surface area contributed by atoms with E-state index in [-0.39, 0.29) is 31.1 Å². The van der Waals surface area contributed by atoms with Gasteiger partial charge in [-0.05, 0) is 37.0 Å². The predicted octanol–water partition coefficient (Wildman–Crippen LogP) is 16.0. The van der Waals surface area contributed by atoms with Gasteiger partial charge in [0.25, 0.3) is 0 Å². The first kappa shape index (κ1) is 55.4. The van der Waals surface area contributed by atoms with Gasteiger partial charge in [-0.15, -0.1) is 0 Å². The van der Waals surface area contributed by atoms with Crippen LogP contribution < -0.4 is 0 Å². The summed E-state index contributed by atoms with van der Waals surface area (Å²) in [7, 11) is 0. The Morgan fingerprint density at radius 1 is 0.298 bits per heavy atom. The topological polar surface area (TPSA) is 78.9 Å². The van der Waals surface area contributed by atoms with Crippen molar-refractivity contribution in [1.29, 1.82) is 0 Å². The summed E-state index contributed by atoms with van der Waals surface area (Å²) in [4.78, 5) is 37.9. The molecule has 0 saturated heterocycles. The van der Waals surface area contributed by atoms with Gasteiger partial charge in [0.15, 0.2) is 6.10 Å². The fourth-order valence-corrected chi connectivity index (χ4v) is 7.59. The molecule has 0 rings (SSSR count). The lowest BCUT2D eigenvalue weighted by atomic mass is 10.0. The number of carbonyl (C=O) groups excluding carboxylic acids is 3. The molecule has 0 fully saturated rings. The Kier molecular flexibility index (Phi) is 41.3. The van der Waals surface area contributed by atoms with Gasteiger partial charge in [-0.3, -0.25) is 14.4 Å². The average molecular weight is 807 g/mol. The Hall–Kier alpha value is -1.59. The lowest BCUT2D eigenvalue weighted by Crippen LogP contribution is -2.30. The van der Waals surface area contributed by atoms with E-state index < -0.39 is 6.10 Å². The maximum absolute atomic E-state index is 12.7. The van der Waals surface area contributed by atoms with Crippen LogP contribution >= 0.6 is 0 Å². The summed E-state index contributed by atoms with van der Waals surface area (Å²) in [5, 5.41) is 0. The lowest BCUT2D eigenvalue weighted by molar-refractivity contribution is -0.167. The summed E-state index contributed by atoms with van der Waals surface area (Å²) in [6.07, 6.45) is 40.9. The molecule has 338 valence electrons. The number of ether oxygens (including phenoxy) is 3. The second kappa shape index (κ2) is 42.5. The summed E-state index contributed by atoms with van der Waals surface area (Å²) in [6, 6.07) is 0. The van der Waals surface area contributed by atoms with Crippen LogP contribution in [0, 0.1) is 17.8 Å². The molecule has 0 bridgehead atoms. The van der Waals surface area contributed by atoms with Crippen molar-refractivity contribution in [3.63, 3.8) is 0 Å². The van der Waals surface area contributed by atoms with E-state index in [1.54, 1.807) is 0 Å². The van der Waals surface area contributed by atoms with E-state index in [2.05, 4.69) is 41.5 Å². The number of carbonyl (C=O) groups is 3. The van der Waals surface area contributed by atoms with Crippen molar-refractivity contribution in [2.45, 2.75) is 279 Å². The Bertz CT molecular complexity index is 883. The van der Waals surface area contributed by atoms with Crippen LogP contribution in [0.3, 0.4) is 0 Å². The Morgan fingerprint density at radius 2 is 0.509 bits per heavy atom. The first-order valence-electron chi connectivity index (χ1n) is 25.1. The first-order chi connectivity index (χ1) is 27.6. The van der Waals surface area contributed by atoms with Gasteiger partial charge in [-0.1, -0.05) is 234 Å². The fourth-order valence-electron chi connectivity index (χ4n) is 7.59. The zero-order valence-electron chi connectivity index (χ0n) is 39.1. The Labute approximate surface area is 355 Å². The van der Waals surface area contributed by atoms with Gasteiger partial charge >= 0.3 is 17.9 Å². The summed E-state index contributed by atoms with van der Waals surface area (Å²) >= 11 is 0. The number of hydrogen-bond acceptors (Lipinski definition) is 6. The molecule has 0 N–H and O–H groups in total. The van der Waals surface area contributed by atoms with Crippen molar-refractivity contribution in [3.8, 4) is 0 Å². The zero-order valence-corrected chi connectivity index (χ0v) is 39.1. The zero-order chi connectivity index (χ0) is 42.0. The molecule has 0 saturated carbocycles. The molecule has 57 heavy (non-hydrogen) atoms. The highest BCUT2D eigenvalue weighted by Crippen LogP contribution is 2.17. The minimum Gasteiger partial charge on any atom is -0.462 e. The number of hydrogen-bond donors (Lipinski definition) is 0. The molecule has 0 aromatic rings. The minimum absolute atomic E-state index is 0.0654. The van der Waals surface area contributed by atoms with Crippen molar-refractivity contribution in [3.05, 3.63) is 0 Å². The van der Waals surface area contributed by atoms with Gasteiger partial charge in [0.05, 0.1) is 0 Å². The van der Waals surface area contributed by atoms with Crippen LogP contribution in [-0.2, 0) is 28.6 Å². The Balaban J connectivity index is 4.31. The van der Waals surface area contributed by atoms with Crippen molar-refractivity contribution in [1.82, 2.24) is 0 Å². The summed E-state index contributed by atoms with van der Waals surface area (Å²) in [6.45, 7) is 13.7. The largest absolute Gasteiger partial charge is 0.462 e. The molecule has 0 aliphatic carbocycles. The van der Waals surface area contributed by atoms with E-state index in [0.29, 0.717) is 19.3 Å². The maximum atomic E-state index is 12.7. The molecule has 0 heterocycles. The van der Waals surface area contributed by atoms with E-state index in [9.17, 15) is 14.4 Å². The molecule has 1 atom stereocenters. The molecule has 0 aromatic carbocycles. The SMILES string of the molecule is CC(C)CCCCCCCCCCCCCCC(=O)OC[C@@H](COC(=O)CCCCCCCCCCCCC(C)C)OC(=O)CCCCCCCCCCC(C)C. The maximum Gasteiger partial charge on any atom is 0.306 e. The summed E-state index contributed by atoms with van der Waals surface area (Å²) < 4.78 is 16.8. The summed E-state index contributed by atoms with van der Waals surface area (Å²) in [5.41, 5.74) is 0. The molecule has 6 nitrogen and oxygen atoms in total. The third-order valence-electron chi connectivity index (χ3n) is 11.4. The molecule has 0 unspecified atom stereocenters. The molecule has 0 radical (unpaired) electrons. The van der Waals surface area contributed by atoms with E-state index in [1.807, 2.05) is 0 Å². The van der Waals surface area contributed by atoms with Crippen LogP contribution in [0.25, 0.3) is 0 Å². The highest BCUT2D eigenvalue weighted by molar-refractivity contribution is 5.71. The quantitative estimate of drug-likeness (QED) is 0.0347. The van der Waals surface area contributed by atoms with E-state index in [1.165, 1.54) is 154 Å². The molecule has 0 amide bonds. The van der Waals surface area contributed by atoms with Crippen molar-refractivity contribution in [2.75, 3.05) is 13.2 Å². The number of esters is 3. The molecule has 0 aliphatic rings. The second-order valence-electron chi connectivity index (χ2n) is 18.9. The lowest BCUT2D eigenvalue weighted by Gasteiger charge is -2.18. The molecule has 6 heteroatoms. The third-order valence-corrected chi connectivity index (χ3v) is 11.4. The predicted molar refractivity (Wildman–Crippen MR) is 243 cm³/mol. The molecule has 0 spiro atoms. The van der Waals surface area contributed by atoms with Gasteiger partial charge in [0.1, 0.15) is 13.2 Å². The minimum atomic E-state index is -0.762. The van der Waals surface area contributed by atoms with Crippen LogP contribution in [0.5, 0.6) is 0 Å². The van der Waals surface area contributed by atoms with Crippen LogP contribution in [0.4, 0.5) is 0 Å². The van der Waals surface area contributed by atoms with Gasteiger partial charge < -0.3 is 14.2 Å². The van der Waals surface area contributed by atoms with Crippen LogP contribution in [0.15, 0.2) is 0 Å². The third kappa shape index (κ3) is 45.3. The molecular formula is C51H98O6. The molecule has 0 aromatic heterocycles. The van der Waals surface area contributed by atoms with Crippen LogP contribution in [-0.4, -0.2) is 37.2 Å². The number of unbranched alkanes of at least 4 members (excludes halogenated alkanes) is 27. The first-order valence-corrected chi connectivity index (χ1v) is 25.1. The van der Waals surface area contributed by atoms with Gasteiger partial charge in [0, 0.05) is 19.3 Å². The van der Waals surface area contributed by atoms with Crippen molar-refractivity contribution >= 4 is 17.9 Å². The fraction of sp³-hybridized carbons (Fsp3) is 0.941. The van der Waals surface area contributed by atoms with Gasteiger partial charge in [0.2, 0.25) is 0 Å². The van der Waals surface area contributed by atoms with Crippen molar-refractivity contribution < 1.29 is 28.6 Å². The highest BCUT2D eigenvalue weighted by atomic mass is 16.6. The van der Waals surface area contributed by atoms with E-state index in [0.717, 1.165) is 75.5 Å². The molecule has 0 aliphatic heterocycles. The second-order valence-corrected chi connectivity index (χ2v) is 18.9.